The van der Waals surface area contributed by atoms with Crippen LogP contribution in [0.15, 0.2) is 36.5 Å². The Hall–Kier alpha value is -2.42. The van der Waals surface area contributed by atoms with E-state index in [1.165, 1.54) is 25.3 Å². The Bertz CT molecular complexity index is 695. The first-order chi connectivity index (χ1) is 10.1. The van der Waals surface area contributed by atoms with Gasteiger partial charge in [-0.05, 0) is 29.5 Å². The van der Waals surface area contributed by atoms with E-state index >= 15 is 0 Å². The van der Waals surface area contributed by atoms with Crippen LogP contribution in [0, 0.1) is 10.1 Å². The van der Waals surface area contributed by atoms with Crippen molar-refractivity contribution in [2.45, 2.75) is 25.2 Å². The smallest absolute Gasteiger partial charge is 0.383 e. The van der Waals surface area contributed by atoms with Gasteiger partial charge >= 0.3 is 12.0 Å². The zero-order valence-corrected chi connectivity index (χ0v) is 11.4. The van der Waals surface area contributed by atoms with E-state index in [0.717, 1.165) is 22.9 Å². The van der Waals surface area contributed by atoms with Crippen molar-refractivity contribution in [3.8, 4) is 0 Å². The molecule has 0 spiro atoms. The number of hydrogen-bond acceptors (Lipinski definition) is 4. The van der Waals surface area contributed by atoms with E-state index in [4.69, 9.17) is 0 Å². The molecule has 1 heterocycles. The molecule has 6 nitrogen and oxygen atoms in total. The molecule has 0 radical (unpaired) electrons. The number of nitrogens with zero attached hydrogens (tertiary/aromatic N) is 3. The number of hydrogen-bond donors (Lipinski definition) is 1. The standard InChI is InChI=1S/C13H12F3N3O3/c1-12(20,8-18-6-5-11(17-18)19(21)22)9-3-2-4-10(7-9)13(14,15)16/h2-7,20H,8H2,1H3. The van der Waals surface area contributed by atoms with Gasteiger partial charge in [-0.25, -0.2) is 0 Å². The fraction of sp³-hybridized carbons (Fsp3) is 0.308. The number of aliphatic hydroxyl groups is 1. The normalized spacial score (nSPS) is 14.6. The predicted octanol–water partition coefficient (Wildman–Crippen LogP) is 2.72. The molecule has 22 heavy (non-hydrogen) atoms. The van der Waals surface area contributed by atoms with E-state index in [9.17, 15) is 28.4 Å². The Labute approximate surface area is 122 Å². The quantitative estimate of drug-likeness (QED) is 0.695. The van der Waals surface area contributed by atoms with Gasteiger partial charge < -0.3 is 15.2 Å². The molecule has 2 rings (SSSR count). The number of rotatable bonds is 4. The zero-order valence-electron chi connectivity index (χ0n) is 11.4. The lowest BCUT2D eigenvalue weighted by atomic mass is 9.94. The minimum absolute atomic E-state index is 0.0421. The molecule has 0 aliphatic rings. The van der Waals surface area contributed by atoms with Gasteiger partial charge in [0.05, 0.1) is 29.5 Å². The molecule has 1 N–H and O–H groups in total. The molecule has 0 amide bonds. The molecule has 0 fully saturated rings. The van der Waals surface area contributed by atoms with Crippen molar-refractivity contribution < 1.29 is 23.2 Å². The van der Waals surface area contributed by atoms with Gasteiger partial charge in [0.1, 0.15) is 5.60 Å². The van der Waals surface area contributed by atoms with Crippen molar-refractivity contribution >= 4 is 5.82 Å². The molecule has 1 unspecified atom stereocenters. The summed E-state index contributed by atoms with van der Waals surface area (Å²) in [4.78, 5) is 9.85. The Balaban J connectivity index is 2.27. The molecule has 0 aliphatic carbocycles. The SMILES string of the molecule is CC(O)(Cn1ccc([N+](=O)[O-])n1)c1cccc(C(F)(F)F)c1. The summed E-state index contributed by atoms with van der Waals surface area (Å²) in [5.74, 6) is -0.403. The summed E-state index contributed by atoms with van der Waals surface area (Å²) in [6, 6.07) is 5.43. The zero-order chi connectivity index (χ0) is 16.5. The van der Waals surface area contributed by atoms with E-state index < -0.39 is 28.1 Å². The maximum absolute atomic E-state index is 12.7. The molecule has 1 aromatic carbocycles. The van der Waals surface area contributed by atoms with Crippen molar-refractivity contribution in [1.82, 2.24) is 9.78 Å². The molecule has 1 atom stereocenters. The van der Waals surface area contributed by atoms with Gasteiger partial charge in [0.2, 0.25) is 0 Å². The highest BCUT2D eigenvalue weighted by molar-refractivity contribution is 5.29. The van der Waals surface area contributed by atoms with Crippen LogP contribution in [-0.4, -0.2) is 19.8 Å². The van der Waals surface area contributed by atoms with Crippen molar-refractivity contribution in [2.75, 3.05) is 0 Å². The third kappa shape index (κ3) is 3.42. The van der Waals surface area contributed by atoms with Crippen LogP contribution in [0.4, 0.5) is 19.0 Å². The summed E-state index contributed by atoms with van der Waals surface area (Å²) in [7, 11) is 0. The van der Waals surface area contributed by atoms with E-state index in [-0.39, 0.29) is 12.1 Å². The van der Waals surface area contributed by atoms with Crippen molar-refractivity contribution in [2.24, 2.45) is 0 Å². The Morgan fingerprint density at radius 2 is 1.95 bits per heavy atom. The number of halogens is 3. The lowest BCUT2D eigenvalue weighted by Crippen LogP contribution is -2.28. The van der Waals surface area contributed by atoms with Gasteiger partial charge in [0.25, 0.3) is 0 Å². The average Bonchev–Trinajstić information content (AvgIpc) is 2.86. The van der Waals surface area contributed by atoms with Gasteiger partial charge in [-0.2, -0.15) is 17.9 Å². The molecular weight excluding hydrogens is 303 g/mol. The van der Waals surface area contributed by atoms with Crippen LogP contribution in [0.25, 0.3) is 0 Å². The number of aromatic nitrogens is 2. The van der Waals surface area contributed by atoms with Gasteiger partial charge in [-0.15, -0.1) is 0 Å². The number of benzene rings is 1. The summed E-state index contributed by atoms with van der Waals surface area (Å²) in [5.41, 5.74) is -2.50. The van der Waals surface area contributed by atoms with Crippen molar-refractivity contribution in [3.63, 3.8) is 0 Å². The monoisotopic (exact) mass is 315 g/mol. The Kier molecular flexibility index (Phi) is 3.92. The minimum Gasteiger partial charge on any atom is -0.383 e. The fourth-order valence-corrected chi connectivity index (χ4v) is 1.97. The Morgan fingerprint density at radius 1 is 1.32 bits per heavy atom. The van der Waals surface area contributed by atoms with Crippen LogP contribution in [0.2, 0.25) is 0 Å². The first-order valence-electron chi connectivity index (χ1n) is 6.17. The van der Waals surface area contributed by atoms with Crippen LogP contribution in [0.3, 0.4) is 0 Å². The molecule has 0 saturated carbocycles. The van der Waals surface area contributed by atoms with Crippen LogP contribution in [0.5, 0.6) is 0 Å². The lowest BCUT2D eigenvalue weighted by Gasteiger charge is -2.23. The highest BCUT2D eigenvalue weighted by Gasteiger charge is 2.33. The summed E-state index contributed by atoms with van der Waals surface area (Å²) >= 11 is 0. The second-order valence-corrected chi connectivity index (χ2v) is 4.98. The van der Waals surface area contributed by atoms with Gasteiger partial charge in [0.15, 0.2) is 0 Å². The third-order valence-electron chi connectivity index (χ3n) is 3.10. The predicted molar refractivity (Wildman–Crippen MR) is 69.9 cm³/mol. The van der Waals surface area contributed by atoms with E-state index in [1.54, 1.807) is 0 Å². The molecule has 0 saturated heterocycles. The first-order valence-corrected chi connectivity index (χ1v) is 6.17. The van der Waals surface area contributed by atoms with Crippen LogP contribution < -0.4 is 0 Å². The average molecular weight is 315 g/mol. The van der Waals surface area contributed by atoms with Crippen LogP contribution in [-0.2, 0) is 18.3 Å². The molecule has 1 aromatic heterocycles. The summed E-state index contributed by atoms with van der Waals surface area (Å²) < 4.78 is 39.2. The first kappa shape index (κ1) is 16.0. The van der Waals surface area contributed by atoms with Crippen LogP contribution in [0.1, 0.15) is 18.1 Å². The highest BCUT2D eigenvalue weighted by atomic mass is 19.4. The molecule has 118 valence electrons. The third-order valence-corrected chi connectivity index (χ3v) is 3.10. The molecule has 0 aliphatic heterocycles. The molecular formula is C13H12F3N3O3. The van der Waals surface area contributed by atoms with Crippen molar-refractivity contribution in [3.05, 3.63) is 57.8 Å². The fourth-order valence-electron chi connectivity index (χ4n) is 1.97. The second-order valence-electron chi connectivity index (χ2n) is 4.98. The van der Waals surface area contributed by atoms with E-state index in [0.29, 0.717) is 0 Å². The second kappa shape index (κ2) is 5.41. The minimum atomic E-state index is -4.52. The van der Waals surface area contributed by atoms with E-state index in [2.05, 4.69) is 5.10 Å². The highest BCUT2D eigenvalue weighted by Crippen LogP contribution is 2.32. The largest absolute Gasteiger partial charge is 0.416 e. The van der Waals surface area contributed by atoms with Gasteiger partial charge in [-0.3, -0.25) is 0 Å². The van der Waals surface area contributed by atoms with E-state index in [1.807, 2.05) is 0 Å². The van der Waals surface area contributed by atoms with Gasteiger partial charge in [0, 0.05) is 0 Å². The van der Waals surface area contributed by atoms with Crippen molar-refractivity contribution in [1.29, 1.82) is 0 Å². The maximum Gasteiger partial charge on any atom is 0.416 e. The summed E-state index contributed by atoms with van der Waals surface area (Å²) in [6.45, 7) is 1.10. The number of nitro groups is 1. The van der Waals surface area contributed by atoms with Crippen LogP contribution >= 0.6 is 0 Å². The summed E-state index contributed by atoms with van der Waals surface area (Å²) in [6.07, 6.45) is -3.24. The molecule has 9 heteroatoms. The maximum atomic E-state index is 12.7. The van der Waals surface area contributed by atoms with Gasteiger partial charge in [-0.1, -0.05) is 12.1 Å². The summed E-state index contributed by atoms with van der Waals surface area (Å²) in [5, 5.41) is 24.6. The molecule has 2 aromatic rings. The molecule has 0 bridgehead atoms. The Morgan fingerprint density at radius 3 is 2.50 bits per heavy atom. The number of alkyl halides is 3. The lowest BCUT2D eigenvalue weighted by molar-refractivity contribution is -0.389. The topological polar surface area (TPSA) is 81.2 Å².